The first-order chi connectivity index (χ1) is 22.9. The van der Waals surface area contributed by atoms with E-state index in [1.807, 2.05) is 19.1 Å². The van der Waals surface area contributed by atoms with Crippen molar-refractivity contribution in [2.75, 3.05) is 24.6 Å². The Morgan fingerprint density at radius 1 is 1.23 bits per heavy atom. The Labute approximate surface area is 283 Å². The van der Waals surface area contributed by atoms with Gasteiger partial charge >= 0.3 is 12.2 Å². The number of allylic oxidation sites excluding steroid dienone is 3. The zero-order valence-corrected chi connectivity index (χ0v) is 28.2. The van der Waals surface area contributed by atoms with Crippen LogP contribution in [0.2, 0.25) is 0 Å². The molecule has 2 aromatic rings. The van der Waals surface area contributed by atoms with E-state index in [2.05, 4.69) is 30.7 Å². The van der Waals surface area contributed by atoms with Gasteiger partial charge < -0.3 is 9.64 Å². The zero-order valence-electron chi connectivity index (χ0n) is 28.2. The Morgan fingerprint density at radius 2 is 2.02 bits per heavy atom. The van der Waals surface area contributed by atoms with Crippen LogP contribution in [0, 0.1) is 41.9 Å². The molecule has 1 aromatic carbocycles. The number of anilines is 1. The second-order valence-corrected chi connectivity index (χ2v) is 13.3. The molecule has 6 nitrogen and oxygen atoms in total. The summed E-state index contributed by atoms with van der Waals surface area (Å²) in [6.07, 6.45) is 8.61. The first-order valence-corrected chi connectivity index (χ1v) is 16.9. The number of nitrogens with zero attached hydrogens (tertiary/aromatic N) is 4. The number of aryl methyl sites for hydroxylation is 1. The molecular formula is C39H47F3N4O2. The molecule has 0 spiro atoms. The summed E-state index contributed by atoms with van der Waals surface area (Å²) in [6.45, 7) is 16.7. The quantitative estimate of drug-likeness (QED) is 0.132. The predicted octanol–water partition coefficient (Wildman–Crippen LogP) is 9.05. The lowest BCUT2D eigenvalue weighted by molar-refractivity contribution is -0.138. The third kappa shape index (κ3) is 9.68. The summed E-state index contributed by atoms with van der Waals surface area (Å²) < 4.78 is 47.9. The number of fused-ring (bicyclic) bond motifs is 1. The highest BCUT2D eigenvalue weighted by Crippen LogP contribution is 2.38. The van der Waals surface area contributed by atoms with Gasteiger partial charge in [0.05, 0.1) is 23.9 Å². The van der Waals surface area contributed by atoms with Crippen LogP contribution in [0.5, 0.6) is 6.01 Å². The maximum Gasteiger partial charge on any atom is 0.417 e. The van der Waals surface area contributed by atoms with Gasteiger partial charge in [-0.15, -0.1) is 6.58 Å². The van der Waals surface area contributed by atoms with Gasteiger partial charge in [0.15, 0.2) is 5.78 Å². The van der Waals surface area contributed by atoms with Gasteiger partial charge in [-0.1, -0.05) is 68.5 Å². The number of carbonyl (C=O) groups is 1. The van der Waals surface area contributed by atoms with Gasteiger partial charge in [-0.3, -0.25) is 4.79 Å². The monoisotopic (exact) mass is 660 g/mol. The summed E-state index contributed by atoms with van der Waals surface area (Å²) >= 11 is 0. The Hall–Kier alpha value is -4.19. The summed E-state index contributed by atoms with van der Waals surface area (Å²) in [5, 5.41) is 9.40. The molecular weight excluding hydrogens is 613 g/mol. The van der Waals surface area contributed by atoms with Crippen molar-refractivity contribution in [2.24, 2.45) is 23.7 Å². The summed E-state index contributed by atoms with van der Waals surface area (Å²) in [4.78, 5) is 24.0. The standard InChI is InChI=1S/C39H47F3N4O2/c1-6-30-11-9-13-32(30)25-48-38-44-35-23-29(14-16-31-12-8-10-28(5)36(31)39(40,41)42)15-17-34(35)37(45-38)46(24-27(4)18-20-43)21-19-26(3)22-33(47)7-2/h6-8,10,12,14,16,27,29-30,32H,1-3,9,11,13,15,17-19,21-25H2,4-5H3/b16-14+/t27-,29?,30?,32-/m0/s1. The Balaban J connectivity index is 1.67. The average molecular weight is 661 g/mol. The van der Waals surface area contributed by atoms with Crippen LogP contribution in [0.1, 0.15) is 79.8 Å². The molecule has 0 amide bonds. The van der Waals surface area contributed by atoms with Crippen LogP contribution in [0.15, 0.2) is 61.7 Å². The molecule has 1 aromatic heterocycles. The van der Waals surface area contributed by atoms with E-state index in [1.165, 1.54) is 25.1 Å². The number of hydrogen-bond acceptors (Lipinski definition) is 6. The van der Waals surface area contributed by atoms with E-state index in [9.17, 15) is 23.2 Å². The number of aromatic nitrogens is 2. The summed E-state index contributed by atoms with van der Waals surface area (Å²) in [7, 11) is 0. The molecule has 256 valence electrons. The smallest absolute Gasteiger partial charge is 0.417 e. The van der Waals surface area contributed by atoms with E-state index in [0.717, 1.165) is 48.3 Å². The molecule has 1 saturated carbocycles. The molecule has 2 aliphatic rings. The molecule has 0 aliphatic heterocycles. The fourth-order valence-electron chi connectivity index (χ4n) is 6.89. The van der Waals surface area contributed by atoms with Gasteiger partial charge in [-0.05, 0) is 86.3 Å². The second-order valence-electron chi connectivity index (χ2n) is 13.3. The van der Waals surface area contributed by atoms with Crippen molar-refractivity contribution >= 4 is 17.7 Å². The van der Waals surface area contributed by atoms with Crippen LogP contribution < -0.4 is 9.64 Å². The Morgan fingerprint density at radius 3 is 2.73 bits per heavy atom. The minimum Gasteiger partial charge on any atom is -0.463 e. The van der Waals surface area contributed by atoms with Gasteiger partial charge in [0.1, 0.15) is 5.82 Å². The molecule has 0 saturated heterocycles. The lowest BCUT2D eigenvalue weighted by atomic mass is 9.86. The number of ether oxygens (including phenoxy) is 1. The number of halogens is 3. The number of benzene rings is 1. The van der Waals surface area contributed by atoms with Crippen LogP contribution in [0.4, 0.5) is 19.0 Å². The van der Waals surface area contributed by atoms with E-state index in [0.29, 0.717) is 57.2 Å². The normalized spacial score (nSPS) is 19.7. The van der Waals surface area contributed by atoms with Crippen LogP contribution >= 0.6 is 0 Å². The fraction of sp³-hybridized carbons (Fsp3) is 0.487. The number of carbonyl (C=O) groups excluding carboxylic acids is 1. The fourth-order valence-corrected chi connectivity index (χ4v) is 6.89. The van der Waals surface area contributed by atoms with E-state index in [-0.39, 0.29) is 41.2 Å². The van der Waals surface area contributed by atoms with E-state index in [1.54, 1.807) is 12.1 Å². The van der Waals surface area contributed by atoms with Gasteiger partial charge in [-0.25, -0.2) is 0 Å². The van der Waals surface area contributed by atoms with Crippen LogP contribution in [-0.2, 0) is 23.8 Å². The molecule has 0 radical (unpaired) electrons. The van der Waals surface area contributed by atoms with E-state index in [4.69, 9.17) is 14.7 Å². The molecule has 48 heavy (non-hydrogen) atoms. The van der Waals surface area contributed by atoms with Gasteiger partial charge in [0, 0.05) is 31.5 Å². The number of nitriles is 1. The molecule has 4 atom stereocenters. The van der Waals surface area contributed by atoms with Crippen LogP contribution in [-0.4, -0.2) is 35.4 Å². The van der Waals surface area contributed by atoms with Crippen LogP contribution in [0.25, 0.3) is 6.08 Å². The summed E-state index contributed by atoms with van der Waals surface area (Å²) in [5.74, 6) is 1.40. The molecule has 9 heteroatoms. The third-order valence-corrected chi connectivity index (χ3v) is 9.51. The van der Waals surface area contributed by atoms with Crippen molar-refractivity contribution in [3.05, 3.63) is 89.7 Å². The van der Waals surface area contributed by atoms with Crippen molar-refractivity contribution in [3.8, 4) is 12.1 Å². The number of hydrogen-bond donors (Lipinski definition) is 0. The first-order valence-electron chi connectivity index (χ1n) is 16.9. The first kappa shape index (κ1) is 36.6. The largest absolute Gasteiger partial charge is 0.463 e. The minimum absolute atomic E-state index is 0.0228. The third-order valence-electron chi connectivity index (χ3n) is 9.51. The SMILES string of the molecule is C=CC(=O)CC(=C)CCN(C[C@@H](C)CC#N)c1nc(OC[C@@H]2CCCC2C=C)nc2c1CCC(/C=C/c1cccc(C)c1C(F)(F)F)C2. The molecule has 4 rings (SSSR count). The van der Waals surface area contributed by atoms with Crippen molar-refractivity contribution in [1.29, 1.82) is 5.26 Å². The molecule has 1 heterocycles. The van der Waals surface area contributed by atoms with Crippen LogP contribution in [0.3, 0.4) is 0 Å². The highest BCUT2D eigenvalue weighted by atomic mass is 19.4. The number of ketones is 1. The highest BCUT2D eigenvalue weighted by molar-refractivity contribution is 5.90. The molecule has 1 fully saturated rings. The summed E-state index contributed by atoms with van der Waals surface area (Å²) in [5.41, 5.74) is 2.33. The zero-order chi connectivity index (χ0) is 34.8. The maximum absolute atomic E-state index is 13.9. The molecule has 0 N–H and O–H groups in total. The topological polar surface area (TPSA) is 79.1 Å². The van der Waals surface area contributed by atoms with Crippen molar-refractivity contribution in [2.45, 2.75) is 77.8 Å². The second kappa shape index (κ2) is 16.8. The Bertz CT molecular complexity index is 1560. The lowest BCUT2D eigenvalue weighted by Crippen LogP contribution is -2.33. The van der Waals surface area contributed by atoms with Gasteiger partial charge in [0.2, 0.25) is 0 Å². The van der Waals surface area contributed by atoms with Crippen molar-refractivity contribution in [1.82, 2.24) is 9.97 Å². The summed E-state index contributed by atoms with van der Waals surface area (Å²) in [6, 6.07) is 7.18. The average Bonchev–Trinajstić information content (AvgIpc) is 3.51. The number of alkyl halides is 3. The van der Waals surface area contributed by atoms with E-state index < -0.39 is 11.7 Å². The van der Waals surface area contributed by atoms with Crippen molar-refractivity contribution < 1.29 is 22.7 Å². The maximum atomic E-state index is 13.9. The number of rotatable bonds is 16. The lowest BCUT2D eigenvalue weighted by Gasteiger charge is -2.32. The van der Waals surface area contributed by atoms with Gasteiger partial charge in [-0.2, -0.15) is 28.4 Å². The molecule has 0 bridgehead atoms. The van der Waals surface area contributed by atoms with Crippen molar-refractivity contribution in [3.63, 3.8) is 0 Å². The van der Waals surface area contributed by atoms with Gasteiger partial charge in [0.25, 0.3) is 0 Å². The molecule has 2 unspecified atom stereocenters. The predicted molar refractivity (Wildman–Crippen MR) is 184 cm³/mol. The Kier molecular flexibility index (Phi) is 12.8. The molecule has 2 aliphatic carbocycles. The highest BCUT2D eigenvalue weighted by Gasteiger charge is 2.35. The minimum atomic E-state index is -4.45. The van der Waals surface area contributed by atoms with E-state index >= 15 is 0 Å².